The molecule has 0 spiro atoms. The molecule has 0 N–H and O–H groups in total. The minimum atomic E-state index is -0.686. The van der Waals surface area contributed by atoms with Crippen molar-refractivity contribution in [3.8, 4) is 0 Å². The van der Waals surface area contributed by atoms with E-state index in [0.717, 1.165) is 50.3 Å². The molecule has 0 bridgehead atoms. The van der Waals surface area contributed by atoms with Crippen molar-refractivity contribution in [2.24, 2.45) is 5.92 Å². The van der Waals surface area contributed by atoms with Crippen LogP contribution < -0.4 is 4.90 Å². The van der Waals surface area contributed by atoms with Crippen LogP contribution in [0.1, 0.15) is 50.3 Å². The monoisotopic (exact) mass is 397 g/mol. The van der Waals surface area contributed by atoms with Crippen molar-refractivity contribution in [3.63, 3.8) is 0 Å². The SMILES string of the molecule is CCCc1cnc(N2CCC(C(C)OC(=O)C(OC)c3ccccc3)CC2)nc1. The van der Waals surface area contributed by atoms with Crippen LogP contribution in [0.4, 0.5) is 5.95 Å². The molecule has 0 saturated carbocycles. The minimum Gasteiger partial charge on any atom is -0.460 e. The third-order valence-electron chi connectivity index (χ3n) is 5.57. The van der Waals surface area contributed by atoms with E-state index in [1.165, 1.54) is 12.7 Å². The Balaban J connectivity index is 1.51. The van der Waals surface area contributed by atoms with Gasteiger partial charge in [-0.25, -0.2) is 14.8 Å². The summed E-state index contributed by atoms with van der Waals surface area (Å²) in [6, 6.07) is 9.46. The number of aromatic nitrogens is 2. The van der Waals surface area contributed by atoms with E-state index in [2.05, 4.69) is 21.8 Å². The molecule has 1 aromatic carbocycles. The molecule has 2 atom stereocenters. The fraction of sp³-hybridized carbons (Fsp3) is 0.522. The van der Waals surface area contributed by atoms with E-state index in [9.17, 15) is 4.79 Å². The lowest BCUT2D eigenvalue weighted by atomic mass is 9.92. The highest BCUT2D eigenvalue weighted by atomic mass is 16.6. The van der Waals surface area contributed by atoms with Crippen molar-refractivity contribution in [1.29, 1.82) is 0 Å². The van der Waals surface area contributed by atoms with Crippen molar-refractivity contribution in [1.82, 2.24) is 9.97 Å². The van der Waals surface area contributed by atoms with Gasteiger partial charge in [0.05, 0.1) is 0 Å². The summed E-state index contributed by atoms with van der Waals surface area (Å²) in [7, 11) is 1.54. The average Bonchev–Trinajstić information content (AvgIpc) is 2.76. The highest BCUT2D eigenvalue weighted by Gasteiger charge is 2.30. The van der Waals surface area contributed by atoms with E-state index < -0.39 is 6.10 Å². The standard InChI is InChI=1S/C23H31N3O3/c1-4-8-18-15-24-23(25-16-18)26-13-11-19(12-14-26)17(2)29-22(27)21(28-3)20-9-6-5-7-10-20/h5-7,9-10,15-17,19,21H,4,8,11-14H2,1-3H3. The first-order chi connectivity index (χ1) is 14.1. The van der Waals surface area contributed by atoms with Gasteiger partial charge in [0.1, 0.15) is 6.10 Å². The summed E-state index contributed by atoms with van der Waals surface area (Å²) in [4.78, 5) is 23.9. The van der Waals surface area contributed by atoms with Crippen LogP contribution in [-0.2, 0) is 20.7 Å². The summed E-state index contributed by atoms with van der Waals surface area (Å²) in [5.41, 5.74) is 1.99. The minimum absolute atomic E-state index is 0.154. The summed E-state index contributed by atoms with van der Waals surface area (Å²) in [6.45, 7) is 5.87. The van der Waals surface area contributed by atoms with Gasteiger partial charge in [0.2, 0.25) is 5.95 Å². The Bertz CT molecular complexity index is 759. The van der Waals surface area contributed by atoms with Gasteiger partial charge < -0.3 is 14.4 Å². The molecule has 29 heavy (non-hydrogen) atoms. The van der Waals surface area contributed by atoms with Gasteiger partial charge in [-0.05, 0) is 43.2 Å². The first-order valence-corrected chi connectivity index (χ1v) is 10.5. The zero-order valence-corrected chi connectivity index (χ0v) is 17.6. The predicted octanol–water partition coefficient (Wildman–Crippen LogP) is 3.96. The van der Waals surface area contributed by atoms with Crippen molar-refractivity contribution in [2.75, 3.05) is 25.1 Å². The van der Waals surface area contributed by atoms with E-state index >= 15 is 0 Å². The highest BCUT2D eigenvalue weighted by Crippen LogP contribution is 2.27. The molecule has 0 amide bonds. The second-order valence-corrected chi connectivity index (χ2v) is 7.63. The molecule has 0 radical (unpaired) electrons. The lowest BCUT2D eigenvalue weighted by Gasteiger charge is -2.34. The largest absolute Gasteiger partial charge is 0.460 e. The number of carbonyl (C=O) groups excluding carboxylic acids is 1. The van der Waals surface area contributed by atoms with Crippen LogP contribution >= 0.6 is 0 Å². The number of aryl methyl sites for hydroxylation is 1. The number of anilines is 1. The second kappa shape index (κ2) is 10.3. The van der Waals surface area contributed by atoms with E-state index in [1.54, 1.807) is 0 Å². The Kier molecular flexibility index (Phi) is 7.58. The fourth-order valence-electron chi connectivity index (χ4n) is 3.84. The zero-order chi connectivity index (χ0) is 20.6. The van der Waals surface area contributed by atoms with Gasteiger partial charge >= 0.3 is 5.97 Å². The Hall–Kier alpha value is -2.47. The number of ether oxygens (including phenoxy) is 2. The predicted molar refractivity (Wildman–Crippen MR) is 113 cm³/mol. The number of nitrogens with zero attached hydrogens (tertiary/aromatic N) is 3. The topological polar surface area (TPSA) is 64.6 Å². The molecular weight excluding hydrogens is 366 g/mol. The van der Waals surface area contributed by atoms with Crippen LogP contribution in [0, 0.1) is 5.92 Å². The fourth-order valence-corrected chi connectivity index (χ4v) is 3.84. The maximum atomic E-state index is 12.6. The van der Waals surface area contributed by atoms with Crippen LogP contribution in [0.2, 0.25) is 0 Å². The van der Waals surface area contributed by atoms with Crippen LogP contribution in [0.25, 0.3) is 0 Å². The number of hydrogen-bond acceptors (Lipinski definition) is 6. The molecule has 156 valence electrons. The quantitative estimate of drug-likeness (QED) is 0.628. The highest BCUT2D eigenvalue weighted by molar-refractivity contribution is 5.76. The van der Waals surface area contributed by atoms with E-state index in [1.807, 2.05) is 49.6 Å². The Labute approximate surface area is 173 Å². The molecule has 6 nitrogen and oxygen atoms in total. The summed E-state index contributed by atoms with van der Waals surface area (Å²) >= 11 is 0. The Morgan fingerprint density at radius 3 is 2.41 bits per heavy atom. The zero-order valence-electron chi connectivity index (χ0n) is 17.6. The molecule has 1 fully saturated rings. The first kappa shape index (κ1) is 21.2. The molecule has 1 saturated heterocycles. The summed E-state index contributed by atoms with van der Waals surface area (Å²) < 4.78 is 11.2. The molecule has 6 heteroatoms. The first-order valence-electron chi connectivity index (χ1n) is 10.5. The molecule has 1 aliphatic heterocycles. The van der Waals surface area contributed by atoms with Crippen molar-refractivity contribution < 1.29 is 14.3 Å². The Morgan fingerprint density at radius 1 is 1.17 bits per heavy atom. The normalized spacial score (nSPS) is 17.0. The van der Waals surface area contributed by atoms with Gasteiger partial charge in [-0.15, -0.1) is 0 Å². The van der Waals surface area contributed by atoms with Crippen molar-refractivity contribution in [3.05, 3.63) is 53.9 Å². The van der Waals surface area contributed by atoms with Crippen LogP contribution in [-0.4, -0.2) is 42.2 Å². The number of hydrogen-bond donors (Lipinski definition) is 0. The van der Waals surface area contributed by atoms with Gasteiger partial charge in [0, 0.05) is 32.6 Å². The van der Waals surface area contributed by atoms with E-state index in [4.69, 9.17) is 9.47 Å². The molecular formula is C23H31N3O3. The van der Waals surface area contributed by atoms with Gasteiger partial charge in [-0.1, -0.05) is 43.7 Å². The number of methoxy groups -OCH3 is 1. The molecule has 2 aromatic rings. The lowest BCUT2D eigenvalue weighted by Crippen LogP contribution is -2.39. The van der Waals surface area contributed by atoms with Gasteiger partial charge in [-0.3, -0.25) is 0 Å². The number of benzene rings is 1. The number of piperidine rings is 1. The summed E-state index contributed by atoms with van der Waals surface area (Å²) in [5, 5.41) is 0. The number of esters is 1. The molecule has 1 aliphatic rings. The molecule has 1 aromatic heterocycles. The maximum absolute atomic E-state index is 12.6. The van der Waals surface area contributed by atoms with Crippen LogP contribution in [0.15, 0.2) is 42.7 Å². The Morgan fingerprint density at radius 2 is 1.83 bits per heavy atom. The number of rotatable bonds is 8. The number of carbonyl (C=O) groups is 1. The van der Waals surface area contributed by atoms with Gasteiger partial charge in [0.25, 0.3) is 0 Å². The summed E-state index contributed by atoms with van der Waals surface area (Å²) in [6.07, 6.45) is 7.01. The van der Waals surface area contributed by atoms with Crippen LogP contribution in [0.5, 0.6) is 0 Å². The van der Waals surface area contributed by atoms with Gasteiger partial charge in [0.15, 0.2) is 6.10 Å². The smallest absolute Gasteiger partial charge is 0.340 e. The average molecular weight is 398 g/mol. The van der Waals surface area contributed by atoms with E-state index in [-0.39, 0.29) is 12.1 Å². The lowest BCUT2D eigenvalue weighted by molar-refractivity contribution is -0.163. The molecule has 0 aliphatic carbocycles. The maximum Gasteiger partial charge on any atom is 0.340 e. The third-order valence-corrected chi connectivity index (χ3v) is 5.57. The summed E-state index contributed by atoms with van der Waals surface area (Å²) in [5.74, 6) is 0.780. The van der Waals surface area contributed by atoms with Crippen molar-refractivity contribution >= 4 is 11.9 Å². The van der Waals surface area contributed by atoms with Crippen LogP contribution in [0.3, 0.4) is 0 Å². The van der Waals surface area contributed by atoms with Gasteiger partial charge in [-0.2, -0.15) is 0 Å². The molecule has 2 heterocycles. The third kappa shape index (κ3) is 5.54. The van der Waals surface area contributed by atoms with Crippen molar-refractivity contribution in [2.45, 2.75) is 51.7 Å². The molecule has 2 unspecified atom stereocenters. The molecule has 3 rings (SSSR count). The van der Waals surface area contributed by atoms with E-state index in [0.29, 0.717) is 5.92 Å². The second-order valence-electron chi connectivity index (χ2n) is 7.63.